The van der Waals surface area contributed by atoms with Crippen molar-refractivity contribution >= 4 is 11.8 Å². The number of nitrogens with zero attached hydrogens (tertiary/aromatic N) is 1. The highest BCUT2D eigenvalue weighted by Crippen LogP contribution is 2.42. The van der Waals surface area contributed by atoms with Crippen molar-refractivity contribution in [3.8, 4) is 0 Å². The van der Waals surface area contributed by atoms with Gasteiger partial charge in [-0.05, 0) is 52.1 Å². The van der Waals surface area contributed by atoms with Crippen LogP contribution >= 0.6 is 11.8 Å². The Hall–Kier alpha value is -0.250. The zero-order valence-corrected chi connectivity index (χ0v) is 14.9. The lowest BCUT2D eigenvalue weighted by Crippen LogP contribution is -2.48. The van der Waals surface area contributed by atoms with E-state index in [2.05, 4.69) is 49.0 Å². The first-order chi connectivity index (χ1) is 9.81. The largest absolute Gasteiger partial charge is 0.390 e. The van der Waals surface area contributed by atoms with Gasteiger partial charge in [0.2, 0.25) is 0 Å². The molecule has 2 rings (SSSR count). The summed E-state index contributed by atoms with van der Waals surface area (Å²) >= 11 is 2.09. The number of hydrogen-bond donors (Lipinski definition) is 1. The van der Waals surface area contributed by atoms with Crippen LogP contribution in [0.1, 0.15) is 58.8 Å². The topological polar surface area (TPSA) is 23.5 Å². The molecule has 0 aromatic rings. The number of rotatable bonds is 5. The van der Waals surface area contributed by atoms with Crippen LogP contribution in [0, 0.1) is 0 Å². The molecule has 0 aliphatic heterocycles. The summed E-state index contributed by atoms with van der Waals surface area (Å²) < 4.78 is 0. The fraction of sp³-hybridized carbons (Fsp3) is 0.778. The van der Waals surface area contributed by atoms with Gasteiger partial charge in [-0.2, -0.15) is 0 Å². The van der Waals surface area contributed by atoms with E-state index in [1.54, 1.807) is 0 Å². The van der Waals surface area contributed by atoms with Crippen molar-refractivity contribution in [2.45, 2.75) is 75.2 Å². The Morgan fingerprint density at radius 1 is 1.29 bits per heavy atom. The van der Waals surface area contributed by atoms with E-state index in [4.69, 9.17) is 0 Å². The maximum Gasteiger partial charge on any atom is 0.0612 e. The molecule has 0 spiro atoms. The van der Waals surface area contributed by atoms with Crippen molar-refractivity contribution < 1.29 is 5.11 Å². The van der Waals surface area contributed by atoms with Crippen molar-refractivity contribution in [2.24, 2.45) is 0 Å². The molecule has 1 saturated carbocycles. The van der Waals surface area contributed by atoms with Crippen LogP contribution in [-0.2, 0) is 0 Å². The first-order valence-corrected chi connectivity index (χ1v) is 9.14. The lowest BCUT2D eigenvalue weighted by Gasteiger charge is -2.43. The van der Waals surface area contributed by atoms with Gasteiger partial charge in [-0.15, -0.1) is 11.8 Å². The van der Waals surface area contributed by atoms with E-state index in [-0.39, 0.29) is 5.54 Å². The Bertz CT molecular complexity index is 402. The molecule has 0 heterocycles. The fourth-order valence-electron chi connectivity index (χ4n) is 3.57. The molecule has 0 aromatic heterocycles. The maximum absolute atomic E-state index is 10.3. The summed E-state index contributed by atoms with van der Waals surface area (Å²) in [6, 6.07) is 0. The predicted molar refractivity (Wildman–Crippen MR) is 93.6 cm³/mol. The zero-order valence-electron chi connectivity index (χ0n) is 14.1. The average Bonchev–Trinajstić information content (AvgIpc) is 2.38. The van der Waals surface area contributed by atoms with Gasteiger partial charge in [0.1, 0.15) is 0 Å². The highest BCUT2D eigenvalue weighted by atomic mass is 32.2. The Labute approximate surface area is 134 Å². The van der Waals surface area contributed by atoms with E-state index >= 15 is 0 Å². The SMILES string of the molecule is CN(C)C1(CC(C)(C)O)C=CC=C(SC2CCCCC2)C1. The summed E-state index contributed by atoms with van der Waals surface area (Å²) in [4.78, 5) is 3.76. The molecular weight excluding hydrogens is 278 g/mol. The quantitative estimate of drug-likeness (QED) is 0.816. The van der Waals surface area contributed by atoms with Gasteiger partial charge in [0.15, 0.2) is 0 Å². The lowest BCUT2D eigenvalue weighted by atomic mass is 9.80. The molecule has 1 N–H and O–H groups in total. The summed E-state index contributed by atoms with van der Waals surface area (Å²) in [6.45, 7) is 3.83. The minimum absolute atomic E-state index is 0.0516. The smallest absolute Gasteiger partial charge is 0.0612 e. The highest BCUT2D eigenvalue weighted by Gasteiger charge is 2.37. The van der Waals surface area contributed by atoms with Gasteiger partial charge in [-0.3, -0.25) is 4.90 Å². The number of thioether (sulfide) groups is 1. The van der Waals surface area contributed by atoms with Gasteiger partial charge in [-0.1, -0.05) is 37.5 Å². The number of hydrogen-bond acceptors (Lipinski definition) is 3. The summed E-state index contributed by atoms with van der Waals surface area (Å²) in [5.74, 6) is 0. The molecule has 0 aromatic carbocycles. The molecule has 21 heavy (non-hydrogen) atoms. The second-order valence-electron chi connectivity index (χ2n) is 7.53. The van der Waals surface area contributed by atoms with Gasteiger partial charge < -0.3 is 5.11 Å². The maximum atomic E-state index is 10.3. The standard InChI is InChI=1S/C18H31NOS/c1-17(2,20)14-18(19(3)4)12-8-11-16(13-18)21-15-9-6-5-7-10-15/h8,11-12,15,20H,5-7,9-10,13-14H2,1-4H3. The molecule has 0 amide bonds. The molecule has 1 atom stereocenters. The molecule has 3 heteroatoms. The van der Waals surface area contributed by atoms with E-state index in [0.717, 1.165) is 18.1 Å². The Balaban J connectivity index is 2.05. The predicted octanol–water partition coefficient (Wildman–Crippen LogP) is 4.36. The summed E-state index contributed by atoms with van der Waals surface area (Å²) in [7, 11) is 4.26. The van der Waals surface area contributed by atoms with Crippen LogP contribution in [0.3, 0.4) is 0 Å². The zero-order chi connectivity index (χ0) is 15.5. The second-order valence-corrected chi connectivity index (χ2v) is 8.96. The second kappa shape index (κ2) is 6.89. The molecule has 1 fully saturated rings. The van der Waals surface area contributed by atoms with Crippen molar-refractivity contribution in [2.75, 3.05) is 14.1 Å². The van der Waals surface area contributed by atoms with E-state index in [1.807, 2.05) is 13.8 Å². The molecule has 0 radical (unpaired) electrons. The third-order valence-corrected chi connectivity index (χ3v) is 6.06. The van der Waals surface area contributed by atoms with Crippen molar-refractivity contribution in [3.63, 3.8) is 0 Å². The third kappa shape index (κ3) is 4.87. The van der Waals surface area contributed by atoms with Crippen molar-refractivity contribution in [1.29, 1.82) is 0 Å². The normalized spacial score (nSPS) is 28.0. The Kier molecular flexibility index (Phi) is 5.61. The van der Waals surface area contributed by atoms with Crippen molar-refractivity contribution in [3.05, 3.63) is 23.1 Å². The monoisotopic (exact) mass is 309 g/mol. The van der Waals surface area contributed by atoms with Crippen LogP contribution in [0.15, 0.2) is 23.1 Å². The molecular formula is C18H31NOS. The molecule has 120 valence electrons. The first kappa shape index (κ1) is 17.1. The number of allylic oxidation sites excluding steroid dienone is 2. The van der Waals surface area contributed by atoms with Gasteiger partial charge in [0.25, 0.3) is 0 Å². The number of aliphatic hydroxyl groups is 1. The molecule has 2 aliphatic carbocycles. The lowest BCUT2D eigenvalue weighted by molar-refractivity contribution is 0.0212. The van der Waals surface area contributed by atoms with Crippen molar-refractivity contribution in [1.82, 2.24) is 4.90 Å². The van der Waals surface area contributed by atoms with E-state index in [0.29, 0.717) is 0 Å². The number of likely N-dealkylation sites (N-methyl/N-ethyl adjacent to an activating group) is 1. The third-order valence-electron chi connectivity index (χ3n) is 4.67. The van der Waals surface area contributed by atoms with E-state index < -0.39 is 5.60 Å². The first-order valence-electron chi connectivity index (χ1n) is 8.26. The van der Waals surface area contributed by atoms with E-state index in [1.165, 1.54) is 37.0 Å². The fourth-order valence-corrected chi connectivity index (χ4v) is 5.06. The van der Waals surface area contributed by atoms with Crippen LogP contribution in [0.5, 0.6) is 0 Å². The van der Waals surface area contributed by atoms with E-state index in [9.17, 15) is 5.11 Å². The van der Waals surface area contributed by atoms with Gasteiger partial charge in [-0.25, -0.2) is 0 Å². The molecule has 1 unspecified atom stereocenters. The highest BCUT2D eigenvalue weighted by molar-refractivity contribution is 8.03. The molecule has 2 aliphatic rings. The van der Waals surface area contributed by atoms with Gasteiger partial charge in [0, 0.05) is 17.2 Å². The van der Waals surface area contributed by atoms with Crippen LogP contribution in [0.4, 0.5) is 0 Å². The van der Waals surface area contributed by atoms with Crippen LogP contribution < -0.4 is 0 Å². The minimum atomic E-state index is -0.646. The minimum Gasteiger partial charge on any atom is -0.390 e. The average molecular weight is 310 g/mol. The summed E-state index contributed by atoms with van der Waals surface area (Å²) in [5.41, 5.74) is -0.698. The van der Waals surface area contributed by atoms with Crippen LogP contribution in [-0.4, -0.2) is 40.5 Å². The van der Waals surface area contributed by atoms with Crippen LogP contribution in [0.25, 0.3) is 0 Å². The van der Waals surface area contributed by atoms with Crippen LogP contribution in [0.2, 0.25) is 0 Å². The van der Waals surface area contributed by atoms with Gasteiger partial charge >= 0.3 is 0 Å². The van der Waals surface area contributed by atoms with Gasteiger partial charge in [0.05, 0.1) is 5.60 Å². The summed E-state index contributed by atoms with van der Waals surface area (Å²) in [6.07, 6.45) is 15.5. The molecule has 0 saturated heterocycles. The Morgan fingerprint density at radius 2 is 1.95 bits per heavy atom. The summed E-state index contributed by atoms with van der Waals surface area (Å²) in [5, 5.41) is 11.1. The molecule has 2 nitrogen and oxygen atoms in total. The Morgan fingerprint density at radius 3 is 2.52 bits per heavy atom. The molecule has 0 bridgehead atoms.